The number of hydrogen-bond donors (Lipinski definition) is 0. The third kappa shape index (κ3) is 3.43. The maximum atomic E-state index is 14.1. The number of ketones is 1. The van der Waals surface area contributed by atoms with Gasteiger partial charge < -0.3 is 9.64 Å². The first-order valence-electron chi connectivity index (χ1n) is 11.5. The van der Waals surface area contributed by atoms with Crippen LogP contribution < -0.4 is 4.90 Å². The molecular weight excluding hydrogens is 443 g/mol. The zero-order chi connectivity index (χ0) is 24.6. The predicted octanol–water partition coefficient (Wildman–Crippen LogP) is 5.15. The minimum atomic E-state index is -1.73. The summed E-state index contributed by atoms with van der Waals surface area (Å²) in [6, 6.07) is 22.7. The first kappa shape index (κ1) is 22.5. The Morgan fingerprint density at radius 1 is 1.03 bits per heavy atom. The van der Waals surface area contributed by atoms with E-state index in [2.05, 4.69) is 6.07 Å². The van der Waals surface area contributed by atoms with Crippen LogP contribution in [0.5, 0.6) is 0 Å². The highest BCUT2D eigenvalue weighted by atomic mass is 19.1. The van der Waals surface area contributed by atoms with E-state index in [-0.39, 0.29) is 12.4 Å². The number of carbonyl (C=O) groups excluding carboxylic acids is 2. The van der Waals surface area contributed by atoms with Gasteiger partial charge >= 0.3 is 5.97 Å². The zero-order valence-electron chi connectivity index (χ0n) is 19.1. The lowest BCUT2D eigenvalue weighted by molar-refractivity contribution is -0.152. The summed E-state index contributed by atoms with van der Waals surface area (Å²) in [6.07, 6.45) is 3.68. The lowest BCUT2D eigenvalue weighted by atomic mass is 9.68. The summed E-state index contributed by atoms with van der Waals surface area (Å²) in [5, 5.41) is 10.7. The van der Waals surface area contributed by atoms with Gasteiger partial charge in [-0.3, -0.25) is 9.59 Å². The van der Waals surface area contributed by atoms with E-state index in [0.717, 1.165) is 11.3 Å². The standard InChI is InChI=1S/C29H23FN2O3/c1-2-35-28(34)29(18-31)24-17-14-19-8-6-7-11-23(19)32(24)26(27(33)21-9-4-3-5-10-21)25(29)20-12-15-22(30)16-13-20/h3-17,24-26H,2H2,1H3/t24-,25+,26+,29-/m0/s1. The Bertz CT molecular complexity index is 1350. The number of rotatable bonds is 5. The van der Waals surface area contributed by atoms with Crippen molar-refractivity contribution in [3.05, 3.63) is 107 Å². The summed E-state index contributed by atoms with van der Waals surface area (Å²) in [7, 11) is 0. The molecule has 0 aromatic heterocycles. The Morgan fingerprint density at radius 2 is 1.71 bits per heavy atom. The van der Waals surface area contributed by atoms with Gasteiger partial charge in [-0.05, 0) is 36.2 Å². The summed E-state index contributed by atoms with van der Waals surface area (Å²) in [5.74, 6) is -2.27. The summed E-state index contributed by atoms with van der Waals surface area (Å²) in [4.78, 5) is 29.6. The fourth-order valence-corrected chi connectivity index (χ4v) is 5.43. The van der Waals surface area contributed by atoms with Crippen LogP contribution in [0.25, 0.3) is 6.08 Å². The van der Waals surface area contributed by atoms with Gasteiger partial charge in [-0.2, -0.15) is 5.26 Å². The van der Waals surface area contributed by atoms with Gasteiger partial charge in [-0.25, -0.2) is 4.39 Å². The third-order valence-electron chi connectivity index (χ3n) is 6.90. The number of esters is 1. The second-order valence-corrected chi connectivity index (χ2v) is 8.68. The number of hydrogen-bond acceptors (Lipinski definition) is 5. The largest absolute Gasteiger partial charge is 0.465 e. The molecule has 174 valence electrons. The number of nitrogens with zero attached hydrogens (tertiary/aromatic N) is 2. The molecule has 0 unspecified atom stereocenters. The molecule has 3 aromatic carbocycles. The summed E-state index contributed by atoms with van der Waals surface area (Å²) < 4.78 is 19.4. The number of benzene rings is 3. The Balaban J connectivity index is 1.81. The van der Waals surface area contributed by atoms with Gasteiger partial charge in [0.05, 0.1) is 18.7 Å². The number of ether oxygens (including phenoxy) is 1. The molecule has 0 spiro atoms. The zero-order valence-corrected chi connectivity index (χ0v) is 19.1. The van der Waals surface area contributed by atoms with Gasteiger partial charge in [-0.1, -0.05) is 72.8 Å². The van der Waals surface area contributed by atoms with Crippen LogP contribution in [0.15, 0.2) is 84.9 Å². The van der Waals surface area contributed by atoms with Crippen LogP contribution in [-0.4, -0.2) is 30.4 Å². The number of para-hydroxylation sites is 1. The van der Waals surface area contributed by atoms with Crippen molar-refractivity contribution in [1.82, 2.24) is 0 Å². The normalized spacial score (nSPS) is 24.3. The molecule has 0 radical (unpaired) electrons. The predicted molar refractivity (Wildman–Crippen MR) is 130 cm³/mol. The van der Waals surface area contributed by atoms with Crippen LogP contribution in [-0.2, 0) is 9.53 Å². The molecule has 0 bridgehead atoms. The lowest BCUT2D eigenvalue weighted by Crippen LogP contribution is -2.47. The summed E-state index contributed by atoms with van der Waals surface area (Å²) in [6.45, 7) is 1.77. The molecule has 4 atom stereocenters. The quantitative estimate of drug-likeness (QED) is 0.384. The maximum absolute atomic E-state index is 14.1. The monoisotopic (exact) mass is 466 g/mol. The topological polar surface area (TPSA) is 70.4 Å². The number of Topliss-reactive ketones (excluding diaryl/α,β-unsaturated/α-hetero) is 1. The maximum Gasteiger partial charge on any atom is 0.329 e. The third-order valence-corrected chi connectivity index (χ3v) is 6.90. The lowest BCUT2D eigenvalue weighted by Gasteiger charge is -2.36. The molecule has 5 nitrogen and oxygen atoms in total. The SMILES string of the molecule is CCOC(=O)[C@]1(C#N)[C@H](c2ccc(F)cc2)[C@H](C(=O)c2ccccc2)N2c3ccccc3C=C[C@H]21. The molecule has 0 amide bonds. The highest BCUT2D eigenvalue weighted by molar-refractivity contribution is 6.06. The second-order valence-electron chi connectivity index (χ2n) is 8.68. The van der Waals surface area contributed by atoms with Crippen molar-refractivity contribution in [2.24, 2.45) is 5.41 Å². The van der Waals surface area contributed by atoms with Crippen molar-refractivity contribution < 1.29 is 18.7 Å². The fourth-order valence-electron chi connectivity index (χ4n) is 5.43. The average molecular weight is 467 g/mol. The molecule has 2 heterocycles. The number of fused-ring (bicyclic) bond motifs is 3. The van der Waals surface area contributed by atoms with E-state index in [1.165, 1.54) is 12.1 Å². The molecular formula is C29H23FN2O3. The molecule has 0 aliphatic carbocycles. The van der Waals surface area contributed by atoms with Crippen LogP contribution in [0, 0.1) is 22.6 Å². The van der Waals surface area contributed by atoms with Gasteiger partial charge in [0.25, 0.3) is 0 Å². The Kier molecular flexibility index (Phi) is 5.70. The van der Waals surface area contributed by atoms with Crippen molar-refractivity contribution in [2.75, 3.05) is 11.5 Å². The van der Waals surface area contributed by atoms with E-state index >= 15 is 0 Å². The average Bonchev–Trinajstić information content (AvgIpc) is 3.21. The first-order valence-corrected chi connectivity index (χ1v) is 11.5. The number of halogens is 1. The molecule has 0 saturated carbocycles. The molecule has 2 aliphatic rings. The van der Waals surface area contributed by atoms with Gasteiger partial charge in [-0.15, -0.1) is 0 Å². The minimum absolute atomic E-state index is 0.0860. The van der Waals surface area contributed by atoms with E-state index in [1.807, 2.05) is 41.3 Å². The number of carbonyl (C=O) groups is 2. The summed E-state index contributed by atoms with van der Waals surface area (Å²) in [5.41, 5.74) is 0.893. The Labute approximate surface area is 203 Å². The van der Waals surface area contributed by atoms with E-state index in [4.69, 9.17) is 4.74 Å². The van der Waals surface area contributed by atoms with Gasteiger partial charge in [0.1, 0.15) is 11.9 Å². The van der Waals surface area contributed by atoms with E-state index in [9.17, 15) is 19.2 Å². The first-order chi connectivity index (χ1) is 17.0. The van der Waals surface area contributed by atoms with Crippen molar-refractivity contribution in [2.45, 2.75) is 24.9 Å². The highest BCUT2D eigenvalue weighted by Crippen LogP contribution is 2.56. The van der Waals surface area contributed by atoms with Crippen LogP contribution in [0.2, 0.25) is 0 Å². The number of nitriles is 1. The summed E-state index contributed by atoms with van der Waals surface area (Å²) >= 11 is 0. The second kappa shape index (κ2) is 8.84. The van der Waals surface area contributed by atoms with Gasteiger partial charge in [0.2, 0.25) is 0 Å². The van der Waals surface area contributed by atoms with Crippen molar-refractivity contribution >= 4 is 23.5 Å². The fraction of sp³-hybridized carbons (Fsp3) is 0.207. The molecule has 35 heavy (non-hydrogen) atoms. The minimum Gasteiger partial charge on any atom is -0.465 e. The van der Waals surface area contributed by atoms with E-state index < -0.39 is 35.2 Å². The molecule has 3 aromatic rings. The Hall–Kier alpha value is -4.24. The number of anilines is 1. The molecule has 5 rings (SSSR count). The molecule has 2 aliphatic heterocycles. The van der Waals surface area contributed by atoms with Crippen LogP contribution in [0.1, 0.15) is 34.3 Å². The highest BCUT2D eigenvalue weighted by Gasteiger charge is 2.67. The van der Waals surface area contributed by atoms with Crippen LogP contribution >= 0.6 is 0 Å². The smallest absolute Gasteiger partial charge is 0.329 e. The molecule has 1 saturated heterocycles. The van der Waals surface area contributed by atoms with Gasteiger partial charge in [0, 0.05) is 17.2 Å². The molecule has 0 N–H and O–H groups in total. The van der Waals surface area contributed by atoms with Crippen LogP contribution in [0.3, 0.4) is 0 Å². The van der Waals surface area contributed by atoms with E-state index in [0.29, 0.717) is 11.1 Å². The van der Waals surface area contributed by atoms with E-state index in [1.54, 1.807) is 49.4 Å². The van der Waals surface area contributed by atoms with Crippen molar-refractivity contribution in [1.29, 1.82) is 5.26 Å². The Morgan fingerprint density at radius 3 is 2.40 bits per heavy atom. The molecule has 6 heteroatoms. The van der Waals surface area contributed by atoms with Crippen molar-refractivity contribution in [3.63, 3.8) is 0 Å². The van der Waals surface area contributed by atoms with Crippen molar-refractivity contribution in [3.8, 4) is 6.07 Å². The van der Waals surface area contributed by atoms with Crippen LogP contribution in [0.4, 0.5) is 10.1 Å². The molecule has 1 fully saturated rings. The van der Waals surface area contributed by atoms with Gasteiger partial charge in [0.15, 0.2) is 11.2 Å².